The fourth-order valence-corrected chi connectivity index (χ4v) is 3.03. The summed E-state index contributed by atoms with van der Waals surface area (Å²) in [5.74, 6) is 0. The maximum absolute atomic E-state index is 4.88. The van der Waals surface area contributed by atoms with Crippen molar-refractivity contribution in [3.05, 3.63) is 53.7 Å². The molecule has 2 nitrogen and oxygen atoms in total. The summed E-state index contributed by atoms with van der Waals surface area (Å²) >= 11 is 0. The number of nitrogens with zero attached hydrogens (tertiary/aromatic N) is 2. The highest BCUT2D eigenvalue weighted by atomic mass is 15.1. The third-order valence-electron chi connectivity index (χ3n) is 4.09. The number of aromatic nitrogens is 1. The van der Waals surface area contributed by atoms with Crippen molar-refractivity contribution >= 4 is 10.9 Å². The van der Waals surface area contributed by atoms with Crippen LogP contribution in [0.5, 0.6) is 0 Å². The van der Waals surface area contributed by atoms with E-state index in [9.17, 15) is 0 Å². The van der Waals surface area contributed by atoms with E-state index in [1.54, 1.807) is 0 Å². The van der Waals surface area contributed by atoms with Crippen molar-refractivity contribution in [3.8, 4) is 0 Å². The number of pyridine rings is 1. The quantitative estimate of drug-likeness (QED) is 0.763. The fourth-order valence-electron chi connectivity index (χ4n) is 3.03. The zero-order valence-corrected chi connectivity index (χ0v) is 11.5. The summed E-state index contributed by atoms with van der Waals surface area (Å²) in [6, 6.07) is 8.48. The van der Waals surface area contributed by atoms with E-state index in [1.807, 2.05) is 6.08 Å². The van der Waals surface area contributed by atoms with E-state index in [-0.39, 0.29) is 0 Å². The van der Waals surface area contributed by atoms with Gasteiger partial charge in [-0.25, -0.2) is 0 Å². The van der Waals surface area contributed by atoms with Gasteiger partial charge in [-0.15, -0.1) is 6.58 Å². The van der Waals surface area contributed by atoms with Gasteiger partial charge in [0, 0.05) is 37.1 Å². The van der Waals surface area contributed by atoms with Gasteiger partial charge >= 0.3 is 0 Å². The van der Waals surface area contributed by atoms with Crippen molar-refractivity contribution in [2.75, 3.05) is 19.6 Å². The van der Waals surface area contributed by atoms with Crippen LogP contribution in [-0.2, 0) is 12.8 Å². The van der Waals surface area contributed by atoms with Crippen LogP contribution in [0.4, 0.5) is 0 Å². The number of fused-ring (bicyclic) bond motifs is 2. The Bertz CT molecular complexity index is 616. The molecule has 0 N–H and O–H groups in total. The van der Waals surface area contributed by atoms with E-state index in [4.69, 9.17) is 4.98 Å². The Morgan fingerprint density at radius 3 is 2.89 bits per heavy atom. The third kappa shape index (κ3) is 2.28. The van der Waals surface area contributed by atoms with Crippen molar-refractivity contribution < 1.29 is 0 Å². The van der Waals surface area contributed by atoms with Crippen LogP contribution in [0.1, 0.15) is 16.8 Å². The standard InChI is InChI=1S/C17H20N2/c1-3-10-19-11-8-15-13(2)14-6-4-5-7-16(14)18-17(15)9-12-19/h3-7H,1,8-12H2,2H3. The second-order valence-electron chi connectivity index (χ2n) is 5.27. The van der Waals surface area contributed by atoms with E-state index in [1.165, 1.54) is 22.2 Å². The first-order valence-corrected chi connectivity index (χ1v) is 7.00. The zero-order chi connectivity index (χ0) is 13.2. The molecule has 2 aromatic rings. The highest BCUT2D eigenvalue weighted by molar-refractivity contribution is 5.83. The Hall–Kier alpha value is -1.67. The van der Waals surface area contributed by atoms with E-state index >= 15 is 0 Å². The molecule has 2 heteroatoms. The predicted molar refractivity (Wildman–Crippen MR) is 80.5 cm³/mol. The number of hydrogen-bond acceptors (Lipinski definition) is 2. The molecule has 0 amide bonds. The normalized spacial score (nSPS) is 16.1. The summed E-state index contributed by atoms with van der Waals surface area (Å²) in [6.45, 7) is 9.26. The lowest BCUT2D eigenvalue weighted by atomic mass is 9.99. The summed E-state index contributed by atoms with van der Waals surface area (Å²) in [7, 11) is 0. The molecule has 1 aliphatic heterocycles. The van der Waals surface area contributed by atoms with Gasteiger partial charge in [-0.2, -0.15) is 0 Å². The number of aryl methyl sites for hydroxylation is 1. The molecule has 0 unspecified atom stereocenters. The van der Waals surface area contributed by atoms with Crippen molar-refractivity contribution in [2.24, 2.45) is 0 Å². The minimum atomic E-state index is 0.979. The topological polar surface area (TPSA) is 16.1 Å². The summed E-state index contributed by atoms with van der Waals surface area (Å²) in [5, 5.41) is 1.30. The van der Waals surface area contributed by atoms with Crippen LogP contribution in [-0.4, -0.2) is 29.5 Å². The molecule has 0 bridgehead atoms. The van der Waals surface area contributed by atoms with Crippen molar-refractivity contribution in [2.45, 2.75) is 19.8 Å². The number of para-hydroxylation sites is 1. The number of rotatable bonds is 2. The monoisotopic (exact) mass is 252 g/mol. The van der Waals surface area contributed by atoms with Crippen molar-refractivity contribution in [1.82, 2.24) is 9.88 Å². The molecule has 98 valence electrons. The largest absolute Gasteiger partial charge is 0.299 e. The molecular weight excluding hydrogens is 232 g/mol. The average molecular weight is 252 g/mol. The predicted octanol–water partition coefficient (Wildman–Crippen LogP) is 3.13. The van der Waals surface area contributed by atoms with Crippen molar-refractivity contribution in [1.29, 1.82) is 0 Å². The first kappa shape index (κ1) is 12.4. The summed E-state index contributed by atoms with van der Waals surface area (Å²) < 4.78 is 0. The Labute approximate surface area is 114 Å². The van der Waals surface area contributed by atoms with Gasteiger partial charge in [-0.3, -0.25) is 9.88 Å². The highest BCUT2D eigenvalue weighted by Crippen LogP contribution is 2.25. The summed E-state index contributed by atoms with van der Waals surface area (Å²) in [5.41, 5.74) is 5.31. The molecule has 0 saturated heterocycles. The van der Waals surface area contributed by atoms with Crippen LogP contribution in [0.25, 0.3) is 10.9 Å². The molecule has 0 fully saturated rings. The Balaban J connectivity index is 2.04. The van der Waals surface area contributed by atoms with E-state index in [0.29, 0.717) is 0 Å². The number of benzene rings is 1. The molecule has 1 aliphatic rings. The molecule has 1 aromatic heterocycles. The first-order chi connectivity index (χ1) is 9.29. The van der Waals surface area contributed by atoms with Crippen molar-refractivity contribution in [3.63, 3.8) is 0 Å². The molecular formula is C17H20N2. The summed E-state index contributed by atoms with van der Waals surface area (Å²) in [4.78, 5) is 7.34. The maximum Gasteiger partial charge on any atom is 0.0708 e. The van der Waals surface area contributed by atoms with Gasteiger partial charge in [0.25, 0.3) is 0 Å². The first-order valence-electron chi connectivity index (χ1n) is 7.00. The second kappa shape index (κ2) is 5.14. The molecule has 1 aromatic carbocycles. The molecule has 0 radical (unpaired) electrons. The molecule has 0 saturated carbocycles. The molecule has 0 spiro atoms. The van der Waals surface area contributed by atoms with Crippen LogP contribution >= 0.6 is 0 Å². The lowest BCUT2D eigenvalue weighted by Gasteiger charge is -2.16. The Morgan fingerprint density at radius 2 is 2.05 bits per heavy atom. The van der Waals surface area contributed by atoms with Gasteiger partial charge < -0.3 is 0 Å². The van der Waals surface area contributed by atoms with Crippen LogP contribution in [0.15, 0.2) is 36.9 Å². The van der Waals surface area contributed by atoms with Gasteiger partial charge in [0.2, 0.25) is 0 Å². The van der Waals surface area contributed by atoms with Crippen LogP contribution in [0, 0.1) is 6.92 Å². The SMILES string of the molecule is C=CCN1CCc2nc3ccccc3c(C)c2CC1. The highest BCUT2D eigenvalue weighted by Gasteiger charge is 2.17. The minimum absolute atomic E-state index is 0.979. The van der Waals surface area contributed by atoms with E-state index in [2.05, 4.69) is 42.7 Å². The average Bonchev–Trinajstić information content (AvgIpc) is 2.63. The zero-order valence-electron chi connectivity index (χ0n) is 11.5. The molecule has 0 atom stereocenters. The third-order valence-corrected chi connectivity index (χ3v) is 4.09. The van der Waals surface area contributed by atoms with E-state index in [0.717, 1.165) is 38.0 Å². The van der Waals surface area contributed by atoms with Gasteiger partial charge in [-0.05, 0) is 30.5 Å². The van der Waals surface area contributed by atoms with Crippen LogP contribution in [0.2, 0.25) is 0 Å². The second-order valence-corrected chi connectivity index (χ2v) is 5.27. The lowest BCUT2D eigenvalue weighted by Crippen LogP contribution is -2.26. The fraction of sp³-hybridized carbons (Fsp3) is 0.353. The Kier molecular flexibility index (Phi) is 3.34. The molecule has 2 heterocycles. The van der Waals surface area contributed by atoms with Gasteiger partial charge in [0.05, 0.1) is 5.52 Å². The lowest BCUT2D eigenvalue weighted by molar-refractivity contribution is 0.318. The summed E-state index contributed by atoms with van der Waals surface area (Å²) in [6.07, 6.45) is 4.15. The Morgan fingerprint density at radius 1 is 1.26 bits per heavy atom. The number of hydrogen-bond donors (Lipinski definition) is 0. The van der Waals surface area contributed by atoms with Gasteiger partial charge in [0.15, 0.2) is 0 Å². The minimum Gasteiger partial charge on any atom is -0.299 e. The molecule has 0 aliphatic carbocycles. The van der Waals surface area contributed by atoms with Crippen LogP contribution < -0.4 is 0 Å². The van der Waals surface area contributed by atoms with Gasteiger partial charge in [-0.1, -0.05) is 24.3 Å². The molecule has 3 rings (SSSR count). The van der Waals surface area contributed by atoms with Crippen LogP contribution in [0.3, 0.4) is 0 Å². The maximum atomic E-state index is 4.88. The molecule has 19 heavy (non-hydrogen) atoms. The van der Waals surface area contributed by atoms with Gasteiger partial charge in [0.1, 0.15) is 0 Å². The van der Waals surface area contributed by atoms with E-state index < -0.39 is 0 Å². The smallest absolute Gasteiger partial charge is 0.0708 e.